The standard InChI is InChI=1S/C20H26N4O3/c1-26-17-7-5-15(6-8-17)18-21-22-20(27-18)24-13-9-16(10-14-24)19(25)23-11-3-2-4-12-23/h5-8,16H,2-4,9-14H2,1H3. The number of ether oxygens (including phenoxy) is 1. The van der Waals surface area contributed by atoms with E-state index < -0.39 is 0 Å². The van der Waals surface area contributed by atoms with E-state index in [1.54, 1.807) is 7.11 Å². The van der Waals surface area contributed by atoms with Gasteiger partial charge in [-0.3, -0.25) is 4.79 Å². The van der Waals surface area contributed by atoms with Crippen molar-refractivity contribution >= 4 is 11.9 Å². The number of piperidine rings is 2. The van der Waals surface area contributed by atoms with Gasteiger partial charge in [-0.1, -0.05) is 5.10 Å². The number of amides is 1. The molecule has 2 saturated heterocycles. The van der Waals surface area contributed by atoms with Crippen molar-refractivity contribution in [3.8, 4) is 17.2 Å². The summed E-state index contributed by atoms with van der Waals surface area (Å²) in [6, 6.07) is 8.08. The van der Waals surface area contributed by atoms with Crippen LogP contribution in [0, 0.1) is 5.92 Å². The van der Waals surface area contributed by atoms with E-state index in [4.69, 9.17) is 9.15 Å². The van der Waals surface area contributed by atoms with Crippen LogP contribution >= 0.6 is 0 Å². The molecule has 2 aliphatic rings. The van der Waals surface area contributed by atoms with Crippen LogP contribution in [0.15, 0.2) is 28.7 Å². The number of rotatable bonds is 4. The van der Waals surface area contributed by atoms with Crippen molar-refractivity contribution in [2.75, 3.05) is 38.2 Å². The highest BCUT2D eigenvalue weighted by Crippen LogP contribution is 2.28. The molecule has 1 amide bonds. The summed E-state index contributed by atoms with van der Waals surface area (Å²) < 4.78 is 11.0. The predicted octanol–water partition coefficient (Wildman–Crippen LogP) is 2.97. The average Bonchev–Trinajstić information content (AvgIpc) is 3.24. The van der Waals surface area contributed by atoms with Gasteiger partial charge in [0, 0.05) is 37.7 Å². The molecule has 1 aromatic heterocycles. The Balaban J connectivity index is 1.35. The molecule has 2 aromatic rings. The zero-order chi connectivity index (χ0) is 18.6. The van der Waals surface area contributed by atoms with Crippen LogP contribution in [-0.4, -0.2) is 54.3 Å². The molecule has 27 heavy (non-hydrogen) atoms. The quantitative estimate of drug-likeness (QED) is 0.824. The normalized spacial score (nSPS) is 18.6. The van der Waals surface area contributed by atoms with Crippen LogP contribution in [0.4, 0.5) is 6.01 Å². The largest absolute Gasteiger partial charge is 0.497 e. The lowest BCUT2D eigenvalue weighted by molar-refractivity contribution is -0.137. The number of nitrogens with zero attached hydrogens (tertiary/aromatic N) is 4. The number of anilines is 1. The van der Waals surface area contributed by atoms with Gasteiger partial charge >= 0.3 is 6.01 Å². The second kappa shape index (κ2) is 7.98. The maximum Gasteiger partial charge on any atom is 0.318 e. The van der Waals surface area contributed by atoms with Gasteiger partial charge < -0.3 is 19.0 Å². The summed E-state index contributed by atoms with van der Waals surface area (Å²) in [5.74, 6) is 1.75. The van der Waals surface area contributed by atoms with E-state index >= 15 is 0 Å². The fraction of sp³-hybridized carbons (Fsp3) is 0.550. The number of aromatic nitrogens is 2. The van der Waals surface area contributed by atoms with Crippen LogP contribution in [0.3, 0.4) is 0 Å². The van der Waals surface area contributed by atoms with Gasteiger partial charge in [0.25, 0.3) is 0 Å². The highest BCUT2D eigenvalue weighted by atomic mass is 16.5. The Kier molecular flexibility index (Phi) is 5.27. The Morgan fingerprint density at radius 3 is 2.41 bits per heavy atom. The number of carbonyl (C=O) groups excluding carboxylic acids is 1. The molecule has 3 heterocycles. The second-order valence-electron chi connectivity index (χ2n) is 7.27. The van der Waals surface area contributed by atoms with Crippen LogP contribution in [-0.2, 0) is 4.79 Å². The lowest BCUT2D eigenvalue weighted by Gasteiger charge is -2.34. The molecule has 0 unspecified atom stereocenters. The third-order valence-corrected chi connectivity index (χ3v) is 5.53. The van der Waals surface area contributed by atoms with Gasteiger partial charge in [0.05, 0.1) is 7.11 Å². The maximum atomic E-state index is 12.7. The zero-order valence-corrected chi connectivity index (χ0v) is 15.8. The Bertz CT molecular complexity index is 760. The minimum atomic E-state index is 0.128. The lowest BCUT2D eigenvalue weighted by atomic mass is 9.94. The number of methoxy groups -OCH3 is 1. The van der Waals surface area contributed by atoms with E-state index in [1.807, 2.05) is 24.3 Å². The van der Waals surface area contributed by atoms with E-state index in [9.17, 15) is 4.79 Å². The van der Waals surface area contributed by atoms with E-state index in [-0.39, 0.29) is 5.92 Å². The molecule has 7 heteroatoms. The smallest absolute Gasteiger partial charge is 0.318 e. The molecule has 0 bridgehead atoms. The first-order valence-electron chi connectivity index (χ1n) is 9.76. The topological polar surface area (TPSA) is 71.7 Å². The Morgan fingerprint density at radius 1 is 1.04 bits per heavy atom. The molecule has 0 radical (unpaired) electrons. The van der Waals surface area contributed by atoms with Gasteiger partial charge in [0.15, 0.2) is 0 Å². The van der Waals surface area contributed by atoms with Crippen molar-refractivity contribution in [2.45, 2.75) is 32.1 Å². The predicted molar refractivity (Wildman–Crippen MR) is 102 cm³/mol. The van der Waals surface area contributed by atoms with Crippen LogP contribution in [0.1, 0.15) is 32.1 Å². The molecule has 2 aliphatic heterocycles. The minimum absolute atomic E-state index is 0.128. The first-order chi connectivity index (χ1) is 13.2. The first kappa shape index (κ1) is 17.8. The molecule has 2 fully saturated rings. The van der Waals surface area contributed by atoms with Crippen molar-refractivity contribution in [3.05, 3.63) is 24.3 Å². The number of hydrogen-bond donors (Lipinski definition) is 0. The molecular formula is C20H26N4O3. The van der Waals surface area contributed by atoms with Gasteiger partial charge in [0.2, 0.25) is 11.8 Å². The number of benzene rings is 1. The monoisotopic (exact) mass is 370 g/mol. The van der Waals surface area contributed by atoms with Gasteiger partial charge in [-0.05, 0) is 56.4 Å². The summed E-state index contributed by atoms with van der Waals surface area (Å²) in [6.45, 7) is 3.39. The molecule has 1 aromatic carbocycles. The summed E-state index contributed by atoms with van der Waals surface area (Å²) in [5.41, 5.74) is 0.865. The van der Waals surface area contributed by atoms with Crippen LogP contribution < -0.4 is 9.64 Å². The Morgan fingerprint density at radius 2 is 1.74 bits per heavy atom. The van der Waals surface area contributed by atoms with Crippen molar-refractivity contribution in [2.24, 2.45) is 5.92 Å². The highest BCUT2D eigenvalue weighted by Gasteiger charge is 2.30. The van der Waals surface area contributed by atoms with Gasteiger partial charge in [-0.15, -0.1) is 5.10 Å². The van der Waals surface area contributed by atoms with E-state index in [2.05, 4.69) is 20.0 Å². The highest BCUT2D eigenvalue weighted by molar-refractivity contribution is 5.79. The molecule has 144 valence electrons. The SMILES string of the molecule is COc1ccc(-c2nnc(N3CCC(C(=O)N4CCCCC4)CC3)o2)cc1. The number of likely N-dealkylation sites (tertiary alicyclic amines) is 1. The summed E-state index contributed by atoms with van der Waals surface area (Å²) in [6.07, 6.45) is 5.21. The summed E-state index contributed by atoms with van der Waals surface area (Å²) in [7, 11) is 1.64. The van der Waals surface area contributed by atoms with Crippen LogP contribution in [0.2, 0.25) is 0 Å². The van der Waals surface area contributed by atoms with Crippen molar-refractivity contribution in [1.82, 2.24) is 15.1 Å². The number of carbonyl (C=O) groups is 1. The van der Waals surface area contributed by atoms with E-state index in [0.717, 1.165) is 63.2 Å². The molecule has 0 spiro atoms. The summed E-state index contributed by atoms with van der Waals surface area (Å²) >= 11 is 0. The fourth-order valence-electron chi connectivity index (χ4n) is 3.88. The van der Waals surface area contributed by atoms with Crippen molar-refractivity contribution in [3.63, 3.8) is 0 Å². The third-order valence-electron chi connectivity index (χ3n) is 5.53. The van der Waals surface area contributed by atoms with E-state index in [0.29, 0.717) is 17.8 Å². The molecule has 0 aliphatic carbocycles. The van der Waals surface area contributed by atoms with Crippen LogP contribution in [0.25, 0.3) is 11.5 Å². The molecule has 0 N–H and O–H groups in total. The summed E-state index contributed by atoms with van der Waals surface area (Å²) in [5, 5.41) is 8.37. The Hall–Kier alpha value is -2.57. The first-order valence-corrected chi connectivity index (χ1v) is 9.76. The third kappa shape index (κ3) is 3.91. The summed E-state index contributed by atoms with van der Waals surface area (Å²) in [4.78, 5) is 16.8. The minimum Gasteiger partial charge on any atom is -0.497 e. The fourth-order valence-corrected chi connectivity index (χ4v) is 3.88. The average molecular weight is 370 g/mol. The Labute approximate surface area is 159 Å². The van der Waals surface area contributed by atoms with Gasteiger partial charge in [0.1, 0.15) is 5.75 Å². The number of hydrogen-bond acceptors (Lipinski definition) is 6. The lowest BCUT2D eigenvalue weighted by Crippen LogP contribution is -2.44. The molecule has 7 nitrogen and oxygen atoms in total. The van der Waals surface area contributed by atoms with Gasteiger partial charge in [-0.25, -0.2) is 0 Å². The van der Waals surface area contributed by atoms with Crippen molar-refractivity contribution < 1.29 is 13.9 Å². The van der Waals surface area contributed by atoms with Gasteiger partial charge in [-0.2, -0.15) is 0 Å². The molecule has 0 saturated carbocycles. The molecule has 0 atom stereocenters. The van der Waals surface area contributed by atoms with Crippen LogP contribution in [0.5, 0.6) is 5.75 Å². The zero-order valence-electron chi connectivity index (χ0n) is 15.8. The molecule has 4 rings (SSSR count). The second-order valence-corrected chi connectivity index (χ2v) is 7.27. The van der Waals surface area contributed by atoms with Crippen molar-refractivity contribution in [1.29, 1.82) is 0 Å². The van der Waals surface area contributed by atoms with E-state index in [1.165, 1.54) is 6.42 Å². The molecular weight excluding hydrogens is 344 g/mol. The maximum absolute atomic E-state index is 12.7.